The van der Waals surface area contributed by atoms with Crippen LogP contribution in [0.4, 0.5) is 0 Å². The maximum absolute atomic E-state index is 4.72. The van der Waals surface area contributed by atoms with E-state index < -0.39 is 0 Å². The number of nitrogens with one attached hydrogen (secondary N) is 1. The summed E-state index contributed by atoms with van der Waals surface area (Å²) in [5.74, 6) is 0.981. The Morgan fingerprint density at radius 2 is 1.78 bits per heavy atom. The van der Waals surface area contributed by atoms with Crippen molar-refractivity contribution in [1.82, 2.24) is 20.0 Å². The highest BCUT2D eigenvalue weighted by Gasteiger charge is 2.24. The number of piperidine rings is 1. The largest absolute Gasteiger partial charge is 0.314 e. The zero-order valence-corrected chi connectivity index (χ0v) is 13.7. The second kappa shape index (κ2) is 6.85. The average Bonchev–Trinajstić information content (AvgIpc) is 3.32. The lowest BCUT2D eigenvalue weighted by Gasteiger charge is -2.32. The maximum Gasteiger partial charge on any atom is 0.0769 e. The first-order valence-corrected chi connectivity index (χ1v) is 8.92. The summed E-state index contributed by atoms with van der Waals surface area (Å²) < 4.78 is 1.97. The second-order valence-corrected chi connectivity index (χ2v) is 6.99. The Morgan fingerprint density at radius 1 is 1.00 bits per heavy atom. The average molecular weight is 310 g/mol. The van der Waals surface area contributed by atoms with Crippen LogP contribution in [0.3, 0.4) is 0 Å². The van der Waals surface area contributed by atoms with Crippen LogP contribution >= 0.6 is 0 Å². The van der Waals surface area contributed by atoms with Crippen LogP contribution in [-0.2, 0) is 6.54 Å². The molecular weight excluding hydrogens is 284 g/mol. The van der Waals surface area contributed by atoms with Crippen molar-refractivity contribution in [3.05, 3.63) is 48.3 Å². The number of hydrogen-bond donors (Lipinski definition) is 1. The van der Waals surface area contributed by atoms with Gasteiger partial charge in [0.25, 0.3) is 0 Å². The van der Waals surface area contributed by atoms with Gasteiger partial charge in [0.1, 0.15) is 0 Å². The maximum atomic E-state index is 4.72. The summed E-state index contributed by atoms with van der Waals surface area (Å²) in [5, 5.41) is 8.47. The van der Waals surface area contributed by atoms with Gasteiger partial charge in [-0.1, -0.05) is 18.2 Å². The molecule has 0 bridgehead atoms. The van der Waals surface area contributed by atoms with Crippen molar-refractivity contribution in [2.24, 2.45) is 5.92 Å². The highest BCUT2D eigenvalue weighted by Crippen LogP contribution is 2.28. The molecule has 1 aliphatic heterocycles. The molecule has 1 N–H and O–H groups in total. The summed E-state index contributed by atoms with van der Waals surface area (Å²) in [4.78, 5) is 2.53. The summed E-state index contributed by atoms with van der Waals surface area (Å²) in [5.41, 5.74) is 2.29. The molecule has 0 unspecified atom stereocenters. The summed E-state index contributed by atoms with van der Waals surface area (Å²) in [6, 6.07) is 13.2. The minimum Gasteiger partial charge on any atom is -0.314 e. The van der Waals surface area contributed by atoms with E-state index in [1.165, 1.54) is 51.0 Å². The summed E-state index contributed by atoms with van der Waals surface area (Å²) >= 11 is 0. The number of rotatable bonds is 6. The van der Waals surface area contributed by atoms with Crippen LogP contribution in [0.5, 0.6) is 0 Å². The van der Waals surface area contributed by atoms with E-state index >= 15 is 0 Å². The summed E-state index contributed by atoms with van der Waals surface area (Å²) in [6.45, 7) is 4.57. The number of nitrogens with zero attached hydrogens (tertiary/aromatic N) is 3. The monoisotopic (exact) mass is 310 g/mol. The topological polar surface area (TPSA) is 33.1 Å². The van der Waals surface area contributed by atoms with Crippen LogP contribution in [0.1, 0.15) is 31.4 Å². The summed E-state index contributed by atoms with van der Waals surface area (Å²) in [6.07, 6.45) is 7.48. The molecule has 1 aromatic heterocycles. The van der Waals surface area contributed by atoms with E-state index in [2.05, 4.69) is 46.7 Å². The lowest BCUT2D eigenvalue weighted by atomic mass is 10.0. The van der Waals surface area contributed by atoms with Gasteiger partial charge in [-0.2, -0.15) is 5.10 Å². The fraction of sp³-hybridized carbons (Fsp3) is 0.526. The van der Waals surface area contributed by atoms with Gasteiger partial charge >= 0.3 is 0 Å². The van der Waals surface area contributed by atoms with Gasteiger partial charge < -0.3 is 5.32 Å². The predicted molar refractivity (Wildman–Crippen MR) is 92.6 cm³/mol. The molecular formula is C19H26N4. The van der Waals surface area contributed by atoms with E-state index in [0.29, 0.717) is 0 Å². The number of para-hydroxylation sites is 1. The molecule has 122 valence electrons. The molecule has 1 aliphatic carbocycles. The molecule has 4 nitrogen and oxygen atoms in total. The number of hydrogen-bond acceptors (Lipinski definition) is 3. The van der Waals surface area contributed by atoms with Gasteiger partial charge in [-0.3, -0.25) is 4.90 Å². The van der Waals surface area contributed by atoms with Gasteiger partial charge in [0.15, 0.2) is 0 Å². The van der Waals surface area contributed by atoms with Crippen LogP contribution in [0.25, 0.3) is 5.69 Å². The Bertz CT molecular complexity index is 609. The molecule has 4 heteroatoms. The van der Waals surface area contributed by atoms with Crippen molar-refractivity contribution in [3.8, 4) is 5.69 Å². The van der Waals surface area contributed by atoms with Crippen LogP contribution in [0.2, 0.25) is 0 Å². The Morgan fingerprint density at radius 3 is 2.52 bits per heavy atom. The molecule has 23 heavy (non-hydrogen) atoms. The third-order valence-electron chi connectivity index (χ3n) is 5.03. The van der Waals surface area contributed by atoms with Crippen LogP contribution < -0.4 is 5.32 Å². The third-order valence-corrected chi connectivity index (χ3v) is 5.03. The van der Waals surface area contributed by atoms with Crippen LogP contribution in [0.15, 0.2) is 42.6 Å². The SMILES string of the molecule is c1ccc(-n2ccc(CN3CCC(NCC4CC4)CC3)n2)cc1. The molecule has 0 amide bonds. The molecule has 4 rings (SSSR count). The highest BCUT2D eigenvalue weighted by atomic mass is 15.3. The zero-order chi connectivity index (χ0) is 15.5. The van der Waals surface area contributed by atoms with Gasteiger partial charge in [0.2, 0.25) is 0 Å². The van der Waals surface area contributed by atoms with Crippen molar-refractivity contribution < 1.29 is 0 Å². The van der Waals surface area contributed by atoms with Gasteiger partial charge in [-0.15, -0.1) is 0 Å². The van der Waals surface area contributed by atoms with Crippen LogP contribution in [-0.4, -0.2) is 40.4 Å². The van der Waals surface area contributed by atoms with Crippen molar-refractivity contribution >= 4 is 0 Å². The minimum atomic E-state index is 0.730. The fourth-order valence-electron chi connectivity index (χ4n) is 3.35. The molecule has 1 saturated carbocycles. The van der Waals surface area contributed by atoms with E-state index in [-0.39, 0.29) is 0 Å². The quantitative estimate of drug-likeness (QED) is 0.890. The number of aromatic nitrogens is 2. The molecule has 2 aromatic rings. The Balaban J connectivity index is 1.27. The standard InChI is InChI=1S/C19H26N4/c1-2-4-19(5-3-1)23-13-10-18(21-23)15-22-11-8-17(9-12-22)20-14-16-6-7-16/h1-5,10,13,16-17,20H,6-9,11-12,14-15H2. The van der Waals surface area contributed by atoms with Gasteiger partial charge in [-0.25, -0.2) is 4.68 Å². The normalized spacial score (nSPS) is 20.0. The van der Waals surface area contributed by atoms with E-state index in [0.717, 1.165) is 24.2 Å². The molecule has 1 aromatic carbocycles. The minimum absolute atomic E-state index is 0.730. The van der Waals surface area contributed by atoms with E-state index in [9.17, 15) is 0 Å². The van der Waals surface area contributed by atoms with Gasteiger partial charge in [0, 0.05) is 31.9 Å². The van der Waals surface area contributed by atoms with Gasteiger partial charge in [0.05, 0.1) is 11.4 Å². The van der Waals surface area contributed by atoms with Crippen molar-refractivity contribution in [2.45, 2.75) is 38.3 Å². The summed E-state index contributed by atoms with van der Waals surface area (Å²) in [7, 11) is 0. The Hall–Kier alpha value is -1.65. The molecule has 2 fully saturated rings. The Labute approximate surface area is 138 Å². The van der Waals surface area contributed by atoms with E-state index in [4.69, 9.17) is 5.10 Å². The first kappa shape index (κ1) is 14.9. The van der Waals surface area contributed by atoms with Crippen molar-refractivity contribution in [3.63, 3.8) is 0 Å². The number of likely N-dealkylation sites (tertiary alicyclic amines) is 1. The molecule has 0 atom stereocenters. The molecule has 2 aliphatic rings. The second-order valence-electron chi connectivity index (χ2n) is 6.99. The van der Waals surface area contributed by atoms with Crippen LogP contribution in [0, 0.1) is 5.92 Å². The smallest absolute Gasteiger partial charge is 0.0769 e. The van der Waals surface area contributed by atoms with Gasteiger partial charge in [-0.05, 0) is 56.3 Å². The Kier molecular flexibility index (Phi) is 4.44. The number of benzene rings is 1. The highest BCUT2D eigenvalue weighted by molar-refractivity contribution is 5.30. The van der Waals surface area contributed by atoms with E-state index in [1.807, 2.05) is 10.7 Å². The fourth-order valence-corrected chi connectivity index (χ4v) is 3.35. The third kappa shape index (κ3) is 4.01. The molecule has 1 saturated heterocycles. The van der Waals surface area contributed by atoms with Crippen molar-refractivity contribution in [1.29, 1.82) is 0 Å². The first-order chi connectivity index (χ1) is 11.4. The van der Waals surface area contributed by atoms with Crippen molar-refractivity contribution in [2.75, 3.05) is 19.6 Å². The predicted octanol–water partition coefficient (Wildman–Crippen LogP) is 2.84. The first-order valence-electron chi connectivity index (χ1n) is 8.92. The molecule has 0 spiro atoms. The lowest BCUT2D eigenvalue weighted by molar-refractivity contribution is 0.188. The molecule has 0 radical (unpaired) electrons. The lowest BCUT2D eigenvalue weighted by Crippen LogP contribution is -2.42. The zero-order valence-electron chi connectivity index (χ0n) is 13.7. The van der Waals surface area contributed by atoms with E-state index in [1.54, 1.807) is 0 Å². The molecule has 2 heterocycles.